The fraction of sp³-hybridized carbons (Fsp3) is 0.0769. The van der Waals surface area contributed by atoms with Crippen LogP contribution in [-0.4, -0.2) is 31.7 Å². The Kier molecular flexibility index (Phi) is 3.34. The Morgan fingerprint density at radius 2 is 1.80 bits per heavy atom. The number of carboxylic acids is 1. The topological polar surface area (TPSA) is 109 Å². The molecule has 0 saturated carbocycles. The summed E-state index contributed by atoms with van der Waals surface area (Å²) in [6.07, 6.45) is 0. The van der Waals surface area contributed by atoms with E-state index in [1.165, 1.54) is 31.2 Å². The van der Waals surface area contributed by atoms with E-state index in [9.17, 15) is 19.5 Å². The maximum Gasteiger partial charge on any atom is 0.360 e. The molecule has 0 radical (unpaired) electrons. The normalized spacial score (nSPS) is 10.2. The van der Waals surface area contributed by atoms with Gasteiger partial charge in [0.2, 0.25) is 5.69 Å². The quantitative estimate of drug-likeness (QED) is 0.802. The van der Waals surface area contributed by atoms with E-state index in [-0.39, 0.29) is 5.78 Å². The van der Waals surface area contributed by atoms with Gasteiger partial charge in [0, 0.05) is 11.6 Å². The number of rotatable bonds is 3. The van der Waals surface area contributed by atoms with Gasteiger partial charge in [-0.05, 0) is 31.2 Å². The van der Waals surface area contributed by atoms with Crippen LogP contribution in [0.4, 0.5) is 0 Å². The van der Waals surface area contributed by atoms with Crippen LogP contribution < -0.4 is 5.56 Å². The van der Waals surface area contributed by atoms with Gasteiger partial charge in [-0.2, -0.15) is 9.78 Å². The third-order valence-corrected chi connectivity index (χ3v) is 2.63. The molecule has 1 aromatic heterocycles. The summed E-state index contributed by atoms with van der Waals surface area (Å²) in [5, 5.41) is 21.8. The summed E-state index contributed by atoms with van der Waals surface area (Å²) in [5.74, 6) is -2.27. The first-order chi connectivity index (χ1) is 9.40. The summed E-state index contributed by atoms with van der Waals surface area (Å²) in [5.41, 5.74) is -0.551. The van der Waals surface area contributed by atoms with Gasteiger partial charge in [-0.15, -0.1) is 0 Å². The predicted octanol–water partition coefficient (Wildman–Crippen LogP) is 0.839. The molecule has 0 bridgehead atoms. The third-order valence-electron chi connectivity index (χ3n) is 2.63. The first kappa shape index (κ1) is 13.5. The highest BCUT2D eigenvalue weighted by Crippen LogP contribution is 2.13. The van der Waals surface area contributed by atoms with E-state index in [1.54, 1.807) is 0 Å². The second-order valence-corrected chi connectivity index (χ2v) is 4.04. The summed E-state index contributed by atoms with van der Waals surface area (Å²) < 4.78 is 0.840. The molecule has 102 valence electrons. The minimum absolute atomic E-state index is 0.131. The van der Waals surface area contributed by atoms with Crippen molar-refractivity contribution in [3.05, 3.63) is 51.9 Å². The predicted molar refractivity (Wildman–Crippen MR) is 68.5 cm³/mol. The second kappa shape index (κ2) is 4.96. The minimum Gasteiger partial charge on any atom is -0.505 e. The number of hydrogen-bond donors (Lipinski definition) is 2. The number of nitrogens with zero attached hydrogens (tertiary/aromatic N) is 2. The number of hydrogen-bond acceptors (Lipinski definition) is 5. The van der Waals surface area contributed by atoms with Gasteiger partial charge in [-0.25, -0.2) is 4.79 Å². The van der Waals surface area contributed by atoms with Crippen molar-refractivity contribution in [3.8, 4) is 11.4 Å². The van der Waals surface area contributed by atoms with Gasteiger partial charge in [0.05, 0.1) is 5.69 Å². The lowest BCUT2D eigenvalue weighted by Crippen LogP contribution is -2.23. The summed E-state index contributed by atoms with van der Waals surface area (Å²) in [4.78, 5) is 33.7. The van der Waals surface area contributed by atoms with Crippen LogP contribution in [0.2, 0.25) is 0 Å². The lowest BCUT2D eigenvalue weighted by molar-refractivity contribution is 0.0684. The molecule has 0 amide bonds. The fourth-order valence-electron chi connectivity index (χ4n) is 1.62. The van der Waals surface area contributed by atoms with Gasteiger partial charge < -0.3 is 10.2 Å². The van der Waals surface area contributed by atoms with Gasteiger partial charge in [0.25, 0.3) is 5.56 Å². The molecule has 2 rings (SSSR count). The Morgan fingerprint density at radius 1 is 1.20 bits per heavy atom. The highest BCUT2D eigenvalue weighted by Gasteiger charge is 2.15. The van der Waals surface area contributed by atoms with Crippen LogP contribution >= 0.6 is 0 Å². The zero-order chi connectivity index (χ0) is 14.9. The van der Waals surface area contributed by atoms with Gasteiger partial charge in [-0.3, -0.25) is 9.59 Å². The molecule has 7 nitrogen and oxygen atoms in total. The van der Waals surface area contributed by atoms with E-state index in [0.29, 0.717) is 11.3 Å². The van der Waals surface area contributed by atoms with Crippen molar-refractivity contribution in [2.24, 2.45) is 0 Å². The average Bonchev–Trinajstić information content (AvgIpc) is 2.38. The van der Waals surface area contributed by atoms with E-state index in [1.807, 2.05) is 0 Å². The van der Waals surface area contributed by atoms with E-state index < -0.39 is 23.0 Å². The number of ketones is 1. The number of carbonyl (C=O) groups excluding carboxylic acids is 1. The molecule has 1 heterocycles. The molecule has 0 aliphatic carbocycles. The molecule has 0 saturated heterocycles. The summed E-state index contributed by atoms with van der Waals surface area (Å²) >= 11 is 0. The van der Waals surface area contributed by atoms with Gasteiger partial charge >= 0.3 is 5.97 Å². The van der Waals surface area contributed by atoms with Crippen LogP contribution in [-0.2, 0) is 0 Å². The van der Waals surface area contributed by atoms with Crippen LogP contribution in [0.3, 0.4) is 0 Å². The summed E-state index contributed by atoms with van der Waals surface area (Å²) in [6, 6.07) is 6.70. The maximum absolute atomic E-state index is 11.7. The first-order valence-electron chi connectivity index (χ1n) is 5.58. The van der Waals surface area contributed by atoms with Crippen LogP contribution in [0, 0.1) is 0 Å². The highest BCUT2D eigenvalue weighted by atomic mass is 16.4. The van der Waals surface area contributed by atoms with Crippen molar-refractivity contribution in [2.75, 3.05) is 0 Å². The Labute approximate surface area is 112 Å². The van der Waals surface area contributed by atoms with Crippen LogP contribution in [0.5, 0.6) is 5.75 Å². The lowest BCUT2D eigenvalue weighted by atomic mass is 10.1. The van der Waals surface area contributed by atoms with Crippen LogP contribution in [0.15, 0.2) is 35.1 Å². The molecular formula is C13H10N2O5. The molecule has 7 heteroatoms. The zero-order valence-electron chi connectivity index (χ0n) is 10.4. The van der Waals surface area contributed by atoms with Crippen LogP contribution in [0.1, 0.15) is 27.8 Å². The van der Waals surface area contributed by atoms with Crippen molar-refractivity contribution in [1.29, 1.82) is 0 Å². The number of carbonyl (C=O) groups is 2. The number of Topliss-reactive ketones (excluding diaryl/α,β-unsaturated/α-hetero) is 1. The zero-order valence-corrected chi connectivity index (χ0v) is 10.4. The standard InChI is InChI=1S/C13H10N2O5/c1-7(16)8-2-4-9(5-3-8)15-11(18)6-10(17)12(14-15)13(19)20/h2-6,17H,1H3,(H,19,20). The van der Waals surface area contributed by atoms with Gasteiger partial charge in [0.1, 0.15) is 0 Å². The molecule has 0 atom stereocenters. The summed E-state index contributed by atoms with van der Waals surface area (Å²) in [7, 11) is 0. The minimum atomic E-state index is -1.45. The lowest BCUT2D eigenvalue weighted by Gasteiger charge is -2.06. The molecule has 0 fully saturated rings. The Bertz CT molecular complexity index is 746. The largest absolute Gasteiger partial charge is 0.505 e. The van der Waals surface area contributed by atoms with Crippen molar-refractivity contribution < 1.29 is 19.8 Å². The molecule has 0 aliphatic rings. The summed E-state index contributed by atoms with van der Waals surface area (Å²) in [6.45, 7) is 1.41. The number of aromatic hydroxyl groups is 1. The SMILES string of the molecule is CC(=O)c1ccc(-n2nc(C(=O)O)c(O)cc2=O)cc1. The monoisotopic (exact) mass is 274 g/mol. The number of aromatic nitrogens is 2. The van der Waals surface area contributed by atoms with Crippen molar-refractivity contribution >= 4 is 11.8 Å². The van der Waals surface area contributed by atoms with E-state index in [0.717, 1.165) is 10.7 Å². The van der Waals surface area contributed by atoms with E-state index >= 15 is 0 Å². The maximum atomic E-state index is 11.7. The molecular weight excluding hydrogens is 264 g/mol. The fourth-order valence-corrected chi connectivity index (χ4v) is 1.62. The Balaban J connectivity index is 2.57. The van der Waals surface area contributed by atoms with Gasteiger partial charge in [-0.1, -0.05) is 0 Å². The van der Waals surface area contributed by atoms with E-state index in [4.69, 9.17) is 5.11 Å². The van der Waals surface area contributed by atoms with Gasteiger partial charge in [0.15, 0.2) is 11.5 Å². The molecule has 20 heavy (non-hydrogen) atoms. The molecule has 0 aliphatic heterocycles. The number of benzene rings is 1. The molecule has 2 aromatic rings. The Morgan fingerprint density at radius 3 is 2.30 bits per heavy atom. The number of aromatic carboxylic acids is 1. The van der Waals surface area contributed by atoms with Crippen LogP contribution in [0.25, 0.3) is 5.69 Å². The third kappa shape index (κ3) is 2.41. The molecule has 0 unspecified atom stereocenters. The molecule has 1 aromatic carbocycles. The highest BCUT2D eigenvalue weighted by molar-refractivity contribution is 5.94. The Hall–Kier alpha value is -2.96. The van der Waals surface area contributed by atoms with Crippen molar-refractivity contribution in [1.82, 2.24) is 9.78 Å². The van der Waals surface area contributed by atoms with Crippen molar-refractivity contribution in [3.63, 3.8) is 0 Å². The van der Waals surface area contributed by atoms with E-state index in [2.05, 4.69) is 5.10 Å². The van der Waals surface area contributed by atoms with Crippen molar-refractivity contribution in [2.45, 2.75) is 6.92 Å². The first-order valence-corrected chi connectivity index (χ1v) is 5.58. The number of carboxylic acid groups (broad SMARTS) is 1. The molecule has 0 spiro atoms. The second-order valence-electron chi connectivity index (χ2n) is 4.04. The smallest absolute Gasteiger partial charge is 0.360 e. The molecule has 2 N–H and O–H groups in total. The average molecular weight is 274 g/mol.